The van der Waals surface area contributed by atoms with E-state index in [0.29, 0.717) is 0 Å². The first-order valence-electron chi connectivity index (χ1n) is 4.74. The van der Waals surface area contributed by atoms with Crippen molar-refractivity contribution in [1.29, 1.82) is 0 Å². The molecule has 1 rings (SSSR count). The van der Waals surface area contributed by atoms with Crippen LogP contribution in [-0.2, 0) is 0 Å². The molecule has 1 heteroatoms. The highest BCUT2D eigenvalue weighted by Gasteiger charge is 2.09. The molecule has 1 aliphatic rings. The van der Waals surface area contributed by atoms with Gasteiger partial charge in [0.05, 0.1) is 0 Å². The van der Waals surface area contributed by atoms with Gasteiger partial charge in [0.2, 0.25) is 0 Å². The molecule has 1 N–H and O–H groups in total. The van der Waals surface area contributed by atoms with Gasteiger partial charge in [-0.25, -0.2) is 0 Å². The molecule has 1 nitrogen and oxygen atoms in total. The third-order valence-electron chi connectivity index (χ3n) is 2.45. The molecule has 1 atom stereocenters. The molecular formula is C10H19N. The van der Waals surface area contributed by atoms with Crippen molar-refractivity contribution >= 4 is 0 Å². The van der Waals surface area contributed by atoms with E-state index in [9.17, 15) is 0 Å². The molecule has 0 saturated carbocycles. The second kappa shape index (κ2) is 4.55. The lowest BCUT2D eigenvalue weighted by molar-refractivity contribution is 0.550. The summed E-state index contributed by atoms with van der Waals surface area (Å²) in [6.07, 6.45) is 6.29. The summed E-state index contributed by atoms with van der Waals surface area (Å²) in [5.41, 5.74) is 1.67. The van der Waals surface area contributed by atoms with Gasteiger partial charge in [0.1, 0.15) is 0 Å². The average Bonchev–Trinajstić information content (AvgIpc) is 2.07. The Morgan fingerprint density at radius 3 is 3.00 bits per heavy atom. The van der Waals surface area contributed by atoms with Crippen molar-refractivity contribution in [3.8, 4) is 0 Å². The van der Waals surface area contributed by atoms with Crippen molar-refractivity contribution in [3.05, 3.63) is 11.6 Å². The SMILES string of the molecule is CCCC(C)C1=CCNCC1. The normalized spacial score (nSPS) is 21.1. The lowest BCUT2D eigenvalue weighted by atomic mass is 9.92. The van der Waals surface area contributed by atoms with Gasteiger partial charge in [-0.05, 0) is 25.3 Å². The van der Waals surface area contributed by atoms with Gasteiger partial charge < -0.3 is 5.32 Å². The maximum Gasteiger partial charge on any atom is 0.0137 e. The predicted molar refractivity (Wildman–Crippen MR) is 49.6 cm³/mol. The van der Waals surface area contributed by atoms with E-state index in [2.05, 4.69) is 25.2 Å². The summed E-state index contributed by atoms with van der Waals surface area (Å²) in [6, 6.07) is 0. The van der Waals surface area contributed by atoms with E-state index < -0.39 is 0 Å². The van der Waals surface area contributed by atoms with Gasteiger partial charge in [0, 0.05) is 6.54 Å². The van der Waals surface area contributed by atoms with Gasteiger partial charge in [0.25, 0.3) is 0 Å². The molecule has 0 aliphatic carbocycles. The van der Waals surface area contributed by atoms with Crippen molar-refractivity contribution < 1.29 is 0 Å². The Bertz CT molecular complexity index is 138. The van der Waals surface area contributed by atoms with Crippen LogP contribution >= 0.6 is 0 Å². The minimum Gasteiger partial charge on any atom is -0.313 e. The highest BCUT2D eigenvalue weighted by atomic mass is 14.8. The Morgan fingerprint density at radius 1 is 1.64 bits per heavy atom. The third-order valence-corrected chi connectivity index (χ3v) is 2.45. The van der Waals surface area contributed by atoms with E-state index in [-0.39, 0.29) is 0 Å². The van der Waals surface area contributed by atoms with Gasteiger partial charge in [0.15, 0.2) is 0 Å². The summed E-state index contributed by atoms with van der Waals surface area (Å²) in [6.45, 7) is 6.88. The molecular weight excluding hydrogens is 134 g/mol. The van der Waals surface area contributed by atoms with Crippen LogP contribution in [0.1, 0.15) is 33.1 Å². The largest absolute Gasteiger partial charge is 0.313 e. The summed E-state index contributed by atoms with van der Waals surface area (Å²) >= 11 is 0. The standard InChI is InChI=1S/C10H19N/c1-3-4-9(2)10-5-7-11-8-6-10/h5,9,11H,3-4,6-8H2,1-2H3. The topological polar surface area (TPSA) is 12.0 Å². The summed E-state index contributed by atoms with van der Waals surface area (Å²) < 4.78 is 0. The highest BCUT2D eigenvalue weighted by Crippen LogP contribution is 2.20. The van der Waals surface area contributed by atoms with Gasteiger partial charge in [-0.3, -0.25) is 0 Å². The molecule has 0 aromatic rings. The van der Waals surface area contributed by atoms with Crippen LogP contribution in [0.25, 0.3) is 0 Å². The molecule has 1 unspecified atom stereocenters. The van der Waals surface area contributed by atoms with Crippen LogP contribution in [0.5, 0.6) is 0 Å². The first-order chi connectivity index (χ1) is 5.34. The van der Waals surface area contributed by atoms with E-state index in [0.717, 1.165) is 12.5 Å². The number of hydrogen-bond donors (Lipinski definition) is 1. The van der Waals surface area contributed by atoms with E-state index >= 15 is 0 Å². The Hall–Kier alpha value is -0.300. The van der Waals surface area contributed by atoms with E-state index in [1.807, 2.05) is 0 Å². The maximum absolute atomic E-state index is 3.34. The van der Waals surface area contributed by atoms with Crippen molar-refractivity contribution in [1.82, 2.24) is 5.32 Å². The molecule has 0 bridgehead atoms. The summed E-state index contributed by atoms with van der Waals surface area (Å²) in [5, 5.41) is 3.34. The molecule has 0 aromatic heterocycles. The minimum absolute atomic E-state index is 0.821. The Balaban J connectivity index is 2.37. The fourth-order valence-corrected chi connectivity index (χ4v) is 1.71. The van der Waals surface area contributed by atoms with Crippen LogP contribution in [0.4, 0.5) is 0 Å². The van der Waals surface area contributed by atoms with Crippen LogP contribution < -0.4 is 5.32 Å². The zero-order valence-corrected chi connectivity index (χ0v) is 7.69. The monoisotopic (exact) mass is 153 g/mol. The average molecular weight is 153 g/mol. The van der Waals surface area contributed by atoms with Crippen LogP contribution in [0.15, 0.2) is 11.6 Å². The molecule has 0 fully saturated rings. The maximum atomic E-state index is 3.34. The zero-order chi connectivity index (χ0) is 8.10. The molecule has 0 saturated heterocycles. The number of hydrogen-bond acceptors (Lipinski definition) is 1. The first kappa shape index (κ1) is 8.79. The molecule has 11 heavy (non-hydrogen) atoms. The lowest BCUT2D eigenvalue weighted by Crippen LogP contribution is -2.22. The third kappa shape index (κ3) is 2.66. The number of nitrogens with one attached hydrogen (secondary N) is 1. The van der Waals surface area contributed by atoms with Crippen molar-refractivity contribution in [2.75, 3.05) is 13.1 Å². The van der Waals surface area contributed by atoms with E-state index in [1.165, 1.54) is 25.8 Å². The summed E-state index contributed by atoms with van der Waals surface area (Å²) in [4.78, 5) is 0. The summed E-state index contributed by atoms with van der Waals surface area (Å²) in [7, 11) is 0. The summed E-state index contributed by atoms with van der Waals surface area (Å²) in [5.74, 6) is 0.821. The Kier molecular flexibility index (Phi) is 3.64. The van der Waals surface area contributed by atoms with Gasteiger partial charge >= 0.3 is 0 Å². The fourth-order valence-electron chi connectivity index (χ4n) is 1.71. The second-order valence-corrected chi connectivity index (χ2v) is 3.42. The Morgan fingerprint density at radius 2 is 2.45 bits per heavy atom. The second-order valence-electron chi connectivity index (χ2n) is 3.42. The Labute approximate surface area is 69.9 Å². The molecule has 0 spiro atoms. The van der Waals surface area contributed by atoms with Gasteiger partial charge in [-0.1, -0.05) is 31.9 Å². The van der Waals surface area contributed by atoms with Crippen LogP contribution in [-0.4, -0.2) is 13.1 Å². The quantitative estimate of drug-likeness (QED) is 0.614. The van der Waals surface area contributed by atoms with Crippen molar-refractivity contribution in [2.45, 2.75) is 33.1 Å². The number of rotatable bonds is 3. The fraction of sp³-hybridized carbons (Fsp3) is 0.800. The van der Waals surface area contributed by atoms with E-state index in [4.69, 9.17) is 0 Å². The van der Waals surface area contributed by atoms with Gasteiger partial charge in [-0.2, -0.15) is 0 Å². The highest BCUT2D eigenvalue weighted by molar-refractivity contribution is 5.09. The first-order valence-corrected chi connectivity index (χ1v) is 4.74. The molecule has 1 heterocycles. The van der Waals surface area contributed by atoms with Crippen molar-refractivity contribution in [3.63, 3.8) is 0 Å². The van der Waals surface area contributed by atoms with Crippen molar-refractivity contribution in [2.24, 2.45) is 5.92 Å². The smallest absolute Gasteiger partial charge is 0.0137 e. The van der Waals surface area contributed by atoms with Crippen LogP contribution in [0, 0.1) is 5.92 Å². The van der Waals surface area contributed by atoms with Crippen LogP contribution in [0.2, 0.25) is 0 Å². The lowest BCUT2D eigenvalue weighted by Gasteiger charge is -2.19. The molecule has 1 aliphatic heterocycles. The minimum atomic E-state index is 0.821. The van der Waals surface area contributed by atoms with E-state index in [1.54, 1.807) is 5.57 Å². The predicted octanol–water partition coefficient (Wildman–Crippen LogP) is 2.34. The molecule has 0 aromatic carbocycles. The molecule has 0 amide bonds. The van der Waals surface area contributed by atoms with Gasteiger partial charge in [-0.15, -0.1) is 0 Å². The molecule has 64 valence electrons. The molecule has 0 radical (unpaired) electrons. The zero-order valence-electron chi connectivity index (χ0n) is 7.69. The van der Waals surface area contributed by atoms with Crippen LogP contribution in [0.3, 0.4) is 0 Å².